The van der Waals surface area contributed by atoms with E-state index in [2.05, 4.69) is 55.1 Å². The summed E-state index contributed by atoms with van der Waals surface area (Å²) in [4.78, 5) is 23.8. The maximum absolute atomic E-state index is 12.8. The molecular weight excluding hydrogens is 528 g/mol. The number of nitrogens with one attached hydrogen (secondary N) is 1. The van der Waals surface area contributed by atoms with E-state index in [1.165, 1.54) is 4.88 Å². The Balaban J connectivity index is 1.12. The van der Waals surface area contributed by atoms with Crippen LogP contribution in [-0.2, 0) is 6.54 Å². The van der Waals surface area contributed by atoms with Crippen molar-refractivity contribution >= 4 is 49.6 Å². The van der Waals surface area contributed by atoms with Crippen molar-refractivity contribution in [1.29, 1.82) is 0 Å². The van der Waals surface area contributed by atoms with Gasteiger partial charge in [-0.1, -0.05) is 42.5 Å². The van der Waals surface area contributed by atoms with Gasteiger partial charge in [-0.3, -0.25) is 9.69 Å². The van der Waals surface area contributed by atoms with Gasteiger partial charge in [-0.05, 0) is 65.0 Å². The van der Waals surface area contributed by atoms with Gasteiger partial charge in [0.1, 0.15) is 0 Å². The molecule has 6 rings (SSSR count). The fraction of sp³-hybridized carbons (Fsp3) is 0.321. The molecule has 1 saturated heterocycles. The first-order valence-corrected chi connectivity index (χ1v) is 14.8. The van der Waals surface area contributed by atoms with Gasteiger partial charge in [0, 0.05) is 42.3 Å². The Morgan fingerprint density at radius 2 is 1.92 bits per heavy atom. The zero-order valence-corrected chi connectivity index (χ0v) is 23.6. The van der Waals surface area contributed by atoms with Crippen LogP contribution in [0.4, 0.5) is 10.8 Å². The molecule has 1 amide bonds. The number of amides is 1. The molecule has 11 heteroatoms. The van der Waals surface area contributed by atoms with Crippen molar-refractivity contribution < 1.29 is 4.79 Å². The lowest BCUT2D eigenvalue weighted by atomic mass is 10.1. The van der Waals surface area contributed by atoms with Gasteiger partial charge in [-0.2, -0.15) is 0 Å². The van der Waals surface area contributed by atoms with E-state index in [0.29, 0.717) is 12.1 Å². The van der Waals surface area contributed by atoms with E-state index in [0.717, 1.165) is 65.0 Å². The van der Waals surface area contributed by atoms with Crippen molar-refractivity contribution in [2.24, 2.45) is 0 Å². The highest BCUT2D eigenvalue weighted by atomic mass is 32.1. The van der Waals surface area contributed by atoms with E-state index >= 15 is 0 Å². The molecule has 1 unspecified atom stereocenters. The summed E-state index contributed by atoms with van der Waals surface area (Å²) in [6, 6.07) is 17.9. The average Bonchev–Trinajstić information content (AvgIpc) is 3.72. The van der Waals surface area contributed by atoms with Gasteiger partial charge in [0.05, 0.1) is 22.8 Å². The molecule has 3 aromatic heterocycles. The van der Waals surface area contributed by atoms with Gasteiger partial charge in [-0.15, -0.1) is 16.4 Å². The molecule has 200 valence electrons. The Morgan fingerprint density at radius 3 is 2.69 bits per heavy atom. The summed E-state index contributed by atoms with van der Waals surface area (Å²) >= 11 is 3.40. The number of hydrogen-bond donors (Lipinski definition) is 1. The van der Waals surface area contributed by atoms with Crippen LogP contribution in [0.5, 0.6) is 0 Å². The second kappa shape index (κ2) is 11.2. The fourth-order valence-electron chi connectivity index (χ4n) is 5.09. The minimum atomic E-state index is -0.0970. The summed E-state index contributed by atoms with van der Waals surface area (Å²) < 4.78 is 3.00. The molecular formula is C28H30N8OS2. The summed E-state index contributed by atoms with van der Waals surface area (Å²) in [7, 11) is 0. The normalized spacial score (nSPS) is 15.1. The molecule has 1 atom stereocenters. The third-order valence-corrected chi connectivity index (χ3v) is 9.12. The Morgan fingerprint density at radius 1 is 1.08 bits per heavy atom. The topological polar surface area (TPSA) is 92.1 Å². The molecule has 9 nitrogen and oxygen atoms in total. The molecule has 1 fully saturated rings. The van der Waals surface area contributed by atoms with E-state index in [1.807, 2.05) is 54.1 Å². The SMILES string of the molecule is CCC(c1nnnn1Cc1cccs1)N1CCN(c2nc3ccc(NC(=O)c4ccccc4C)cc3s2)CC1. The monoisotopic (exact) mass is 558 g/mol. The summed E-state index contributed by atoms with van der Waals surface area (Å²) in [5.41, 5.74) is 3.37. The fourth-order valence-corrected chi connectivity index (χ4v) is 6.84. The predicted octanol–water partition coefficient (Wildman–Crippen LogP) is 5.23. The molecule has 0 bridgehead atoms. The van der Waals surface area contributed by atoms with Gasteiger partial charge < -0.3 is 10.2 Å². The number of thiophene rings is 1. The first-order chi connectivity index (χ1) is 19.1. The number of hydrogen-bond acceptors (Lipinski definition) is 9. The van der Waals surface area contributed by atoms with Crippen LogP contribution in [0.1, 0.15) is 46.0 Å². The number of anilines is 2. The maximum Gasteiger partial charge on any atom is 0.255 e. The van der Waals surface area contributed by atoms with Crippen molar-refractivity contribution in [1.82, 2.24) is 30.1 Å². The number of benzene rings is 2. The van der Waals surface area contributed by atoms with E-state index in [9.17, 15) is 4.79 Å². The van der Waals surface area contributed by atoms with Gasteiger partial charge in [0.2, 0.25) is 0 Å². The molecule has 0 aliphatic carbocycles. The van der Waals surface area contributed by atoms with Crippen molar-refractivity contribution in [3.8, 4) is 0 Å². The molecule has 0 saturated carbocycles. The molecule has 0 radical (unpaired) electrons. The summed E-state index contributed by atoms with van der Waals surface area (Å²) in [6.45, 7) is 8.46. The zero-order valence-electron chi connectivity index (χ0n) is 21.9. The molecule has 5 aromatic rings. The van der Waals surface area contributed by atoms with Crippen molar-refractivity contribution in [2.45, 2.75) is 32.9 Å². The largest absolute Gasteiger partial charge is 0.345 e. The highest BCUT2D eigenvalue weighted by molar-refractivity contribution is 7.22. The van der Waals surface area contributed by atoms with Gasteiger partial charge in [0.15, 0.2) is 11.0 Å². The minimum Gasteiger partial charge on any atom is -0.345 e. The van der Waals surface area contributed by atoms with Crippen LogP contribution < -0.4 is 10.2 Å². The summed E-state index contributed by atoms with van der Waals surface area (Å²) in [6.07, 6.45) is 0.947. The number of rotatable bonds is 8. The second-order valence-corrected chi connectivity index (χ2v) is 11.7. The number of fused-ring (bicyclic) bond motifs is 1. The van der Waals surface area contributed by atoms with Crippen LogP contribution in [0.15, 0.2) is 60.0 Å². The quantitative estimate of drug-likeness (QED) is 0.279. The third-order valence-electron chi connectivity index (χ3n) is 7.18. The van der Waals surface area contributed by atoms with E-state index in [4.69, 9.17) is 4.98 Å². The highest BCUT2D eigenvalue weighted by Gasteiger charge is 2.29. The molecule has 1 aliphatic rings. The molecule has 1 N–H and O–H groups in total. The standard InChI is InChI=1S/C28H30N8OS2/c1-3-24(26-31-32-33-36(26)18-21-8-6-16-38-21)34-12-14-35(15-13-34)28-30-23-11-10-20(17-25(23)39-28)29-27(37)22-9-5-4-7-19(22)2/h4-11,16-17,24H,3,12-15,18H2,1-2H3,(H,29,37). The Labute approximate surface area is 235 Å². The van der Waals surface area contributed by atoms with Crippen LogP contribution >= 0.6 is 22.7 Å². The minimum absolute atomic E-state index is 0.0970. The number of aromatic nitrogens is 5. The van der Waals surface area contributed by atoms with Crippen LogP contribution in [0.3, 0.4) is 0 Å². The molecule has 39 heavy (non-hydrogen) atoms. The number of nitrogens with zero attached hydrogens (tertiary/aromatic N) is 7. The second-order valence-electron chi connectivity index (χ2n) is 9.67. The molecule has 0 spiro atoms. The van der Waals surface area contributed by atoms with Crippen molar-refractivity contribution in [3.63, 3.8) is 0 Å². The van der Waals surface area contributed by atoms with Crippen LogP contribution in [-0.4, -0.2) is 62.2 Å². The smallest absolute Gasteiger partial charge is 0.255 e. The Hall–Kier alpha value is -3.67. The number of tetrazole rings is 1. The van der Waals surface area contributed by atoms with Crippen molar-refractivity contribution in [2.75, 3.05) is 36.4 Å². The molecule has 4 heterocycles. The van der Waals surface area contributed by atoms with Crippen molar-refractivity contribution in [3.05, 3.63) is 81.8 Å². The molecule has 2 aromatic carbocycles. The number of piperazine rings is 1. The third kappa shape index (κ3) is 5.42. The van der Waals surface area contributed by atoms with Crippen LogP contribution in [0.2, 0.25) is 0 Å². The van der Waals surface area contributed by atoms with Crippen LogP contribution in [0.25, 0.3) is 10.2 Å². The number of carbonyl (C=O) groups excluding carboxylic acids is 1. The summed E-state index contributed by atoms with van der Waals surface area (Å²) in [5.74, 6) is 0.833. The molecule has 1 aliphatic heterocycles. The maximum atomic E-state index is 12.8. The zero-order chi connectivity index (χ0) is 26.8. The summed E-state index contributed by atoms with van der Waals surface area (Å²) in [5, 5.41) is 18.8. The van der Waals surface area contributed by atoms with Gasteiger partial charge >= 0.3 is 0 Å². The predicted molar refractivity (Wildman–Crippen MR) is 157 cm³/mol. The first-order valence-electron chi connectivity index (χ1n) is 13.1. The van der Waals surface area contributed by atoms with E-state index in [-0.39, 0.29) is 11.9 Å². The Kier molecular flexibility index (Phi) is 7.36. The average molecular weight is 559 g/mol. The lowest BCUT2D eigenvalue weighted by Gasteiger charge is -2.38. The number of carbonyl (C=O) groups is 1. The van der Waals surface area contributed by atoms with Crippen LogP contribution in [0, 0.1) is 6.92 Å². The first kappa shape index (κ1) is 25.6. The lowest BCUT2D eigenvalue weighted by Crippen LogP contribution is -2.48. The van der Waals surface area contributed by atoms with Gasteiger partial charge in [-0.25, -0.2) is 9.67 Å². The van der Waals surface area contributed by atoms with E-state index < -0.39 is 0 Å². The number of aryl methyl sites for hydroxylation is 1. The number of thiazole rings is 1. The lowest BCUT2D eigenvalue weighted by molar-refractivity contribution is 0.102. The Bertz CT molecular complexity index is 1570. The van der Waals surface area contributed by atoms with E-state index in [1.54, 1.807) is 22.7 Å². The van der Waals surface area contributed by atoms with Gasteiger partial charge in [0.25, 0.3) is 5.91 Å². The highest BCUT2D eigenvalue weighted by Crippen LogP contribution is 2.33.